The fourth-order valence-corrected chi connectivity index (χ4v) is 3.28. The van der Waals surface area contributed by atoms with Gasteiger partial charge in [-0.05, 0) is 25.0 Å². The van der Waals surface area contributed by atoms with E-state index < -0.39 is 47.4 Å². The van der Waals surface area contributed by atoms with Crippen molar-refractivity contribution in [3.63, 3.8) is 0 Å². The molecule has 1 aliphatic rings. The van der Waals surface area contributed by atoms with Gasteiger partial charge in [-0.2, -0.15) is 13.2 Å². The monoisotopic (exact) mass is 421 g/mol. The maximum atomic E-state index is 13.7. The van der Waals surface area contributed by atoms with Crippen molar-refractivity contribution in [1.82, 2.24) is 19.7 Å². The van der Waals surface area contributed by atoms with Gasteiger partial charge in [0.15, 0.2) is 17.5 Å². The molecule has 12 heteroatoms. The quantitative estimate of drug-likeness (QED) is 0.608. The van der Waals surface area contributed by atoms with Crippen LogP contribution in [0.15, 0.2) is 12.1 Å². The average molecular weight is 421 g/mol. The Bertz CT molecular complexity index is 928. The number of fused-ring (bicyclic) bond motifs is 1. The Morgan fingerprint density at radius 1 is 1.21 bits per heavy atom. The van der Waals surface area contributed by atoms with E-state index in [4.69, 9.17) is 5.73 Å². The second-order valence-corrected chi connectivity index (χ2v) is 6.94. The molecule has 1 aromatic carbocycles. The van der Waals surface area contributed by atoms with Crippen molar-refractivity contribution in [2.45, 2.75) is 51.1 Å². The number of nitrogens with two attached hydrogens (primary N) is 1. The Kier molecular flexibility index (Phi) is 5.57. The second-order valence-electron chi connectivity index (χ2n) is 6.94. The zero-order chi connectivity index (χ0) is 21.5. The number of halogens is 6. The Morgan fingerprint density at radius 2 is 1.86 bits per heavy atom. The van der Waals surface area contributed by atoms with Crippen LogP contribution in [0.4, 0.5) is 26.3 Å². The highest BCUT2D eigenvalue weighted by Crippen LogP contribution is 2.30. The zero-order valence-electron chi connectivity index (χ0n) is 15.2. The molecule has 0 saturated heterocycles. The summed E-state index contributed by atoms with van der Waals surface area (Å²) in [6.45, 7) is 1.24. The lowest BCUT2D eigenvalue weighted by Crippen LogP contribution is -2.47. The molecule has 29 heavy (non-hydrogen) atoms. The number of rotatable bonds is 4. The summed E-state index contributed by atoms with van der Waals surface area (Å²) >= 11 is 0. The molecule has 1 aromatic heterocycles. The van der Waals surface area contributed by atoms with E-state index in [0.717, 1.165) is 4.57 Å². The highest BCUT2D eigenvalue weighted by molar-refractivity contribution is 5.77. The molecule has 0 aliphatic carbocycles. The lowest BCUT2D eigenvalue weighted by atomic mass is 10.0. The van der Waals surface area contributed by atoms with Gasteiger partial charge in [0.2, 0.25) is 11.7 Å². The van der Waals surface area contributed by atoms with Gasteiger partial charge in [0.1, 0.15) is 5.82 Å². The van der Waals surface area contributed by atoms with Crippen LogP contribution in [-0.2, 0) is 30.5 Å². The number of carbonyl (C=O) groups is 1. The summed E-state index contributed by atoms with van der Waals surface area (Å²) in [6.07, 6.45) is -5.14. The third-order valence-corrected chi connectivity index (χ3v) is 4.70. The first-order valence-electron chi connectivity index (χ1n) is 8.65. The summed E-state index contributed by atoms with van der Waals surface area (Å²) in [5.41, 5.74) is 5.68. The summed E-state index contributed by atoms with van der Waals surface area (Å²) in [7, 11) is 0. The van der Waals surface area contributed by atoms with Crippen LogP contribution in [0, 0.1) is 17.5 Å². The number of amides is 1. The standard InChI is InChI=1S/C17H17F6N5O/c1-8-6-28-14(25-26-16(28)17(21,22)23)7-27(8)15(29)4-10(24)2-9-3-12(19)13(20)5-11(9)18/h3,5,8,10H,2,4,6-7,24H2,1H3/t8-,10+/m0/s1. The third-order valence-electron chi connectivity index (χ3n) is 4.70. The van der Waals surface area contributed by atoms with E-state index in [1.54, 1.807) is 6.92 Å². The lowest BCUT2D eigenvalue weighted by molar-refractivity contribution is -0.148. The maximum Gasteiger partial charge on any atom is 0.451 e. The summed E-state index contributed by atoms with van der Waals surface area (Å²) in [5.74, 6) is -5.16. The van der Waals surface area contributed by atoms with Crippen LogP contribution in [0.2, 0.25) is 0 Å². The first-order valence-corrected chi connectivity index (χ1v) is 8.65. The first kappa shape index (κ1) is 21.1. The van der Waals surface area contributed by atoms with E-state index in [-0.39, 0.29) is 37.3 Å². The molecule has 0 bridgehead atoms. The smallest absolute Gasteiger partial charge is 0.331 e. The fraction of sp³-hybridized carbons (Fsp3) is 0.471. The van der Waals surface area contributed by atoms with Gasteiger partial charge in [-0.25, -0.2) is 13.2 Å². The minimum absolute atomic E-state index is 0.0102. The summed E-state index contributed by atoms with van der Waals surface area (Å²) in [6, 6.07) is -0.407. The molecule has 2 atom stereocenters. The van der Waals surface area contributed by atoms with Gasteiger partial charge in [0.25, 0.3) is 0 Å². The number of aromatic nitrogens is 3. The fourth-order valence-electron chi connectivity index (χ4n) is 3.28. The molecule has 1 aliphatic heterocycles. The molecule has 2 heterocycles. The maximum absolute atomic E-state index is 13.7. The predicted octanol–water partition coefficient (Wildman–Crippen LogP) is 2.41. The van der Waals surface area contributed by atoms with E-state index in [1.807, 2.05) is 0 Å². The highest BCUT2D eigenvalue weighted by Gasteiger charge is 2.41. The molecule has 1 amide bonds. The molecule has 2 N–H and O–H groups in total. The molecule has 0 unspecified atom stereocenters. The average Bonchev–Trinajstić information content (AvgIpc) is 3.01. The Hall–Kier alpha value is -2.63. The Balaban J connectivity index is 1.68. The van der Waals surface area contributed by atoms with Crippen molar-refractivity contribution < 1.29 is 31.1 Å². The molecule has 2 aromatic rings. The molecule has 158 valence electrons. The lowest BCUT2D eigenvalue weighted by Gasteiger charge is -2.34. The van der Waals surface area contributed by atoms with Gasteiger partial charge in [-0.1, -0.05) is 0 Å². The second kappa shape index (κ2) is 7.65. The van der Waals surface area contributed by atoms with E-state index in [1.165, 1.54) is 4.90 Å². The molecule has 0 spiro atoms. The van der Waals surface area contributed by atoms with E-state index in [9.17, 15) is 31.1 Å². The van der Waals surface area contributed by atoms with Crippen molar-refractivity contribution in [2.75, 3.05) is 0 Å². The van der Waals surface area contributed by atoms with Crippen LogP contribution in [0.1, 0.15) is 30.6 Å². The minimum Gasteiger partial charge on any atom is -0.331 e. The number of benzene rings is 1. The van der Waals surface area contributed by atoms with E-state index in [0.29, 0.717) is 12.1 Å². The molecular weight excluding hydrogens is 404 g/mol. The summed E-state index contributed by atoms with van der Waals surface area (Å²) in [5, 5.41) is 6.66. The molecule has 0 radical (unpaired) electrons. The minimum atomic E-state index is -4.66. The summed E-state index contributed by atoms with van der Waals surface area (Å²) in [4.78, 5) is 13.9. The largest absolute Gasteiger partial charge is 0.451 e. The number of carbonyl (C=O) groups excluding carboxylic acids is 1. The van der Waals surface area contributed by atoms with Gasteiger partial charge >= 0.3 is 6.18 Å². The van der Waals surface area contributed by atoms with Crippen molar-refractivity contribution in [3.05, 3.63) is 46.8 Å². The van der Waals surface area contributed by atoms with Gasteiger partial charge in [0, 0.05) is 31.1 Å². The van der Waals surface area contributed by atoms with Gasteiger partial charge in [-0.15, -0.1) is 10.2 Å². The van der Waals surface area contributed by atoms with E-state index in [2.05, 4.69) is 10.2 Å². The topological polar surface area (TPSA) is 77.0 Å². The van der Waals surface area contributed by atoms with E-state index >= 15 is 0 Å². The Labute approximate surface area is 161 Å². The number of nitrogens with zero attached hydrogens (tertiary/aromatic N) is 4. The SMILES string of the molecule is C[C@H]1Cn2c(nnc2C(F)(F)F)CN1C(=O)C[C@H](N)Cc1cc(F)c(F)cc1F. The van der Waals surface area contributed by atoms with Crippen LogP contribution in [-0.4, -0.2) is 37.7 Å². The third kappa shape index (κ3) is 4.36. The molecule has 6 nitrogen and oxygen atoms in total. The molecule has 0 fully saturated rings. The van der Waals surface area contributed by atoms with Gasteiger partial charge in [-0.3, -0.25) is 4.79 Å². The highest BCUT2D eigenvalue weighted by atomic mass is 19.4. The Morgan fingerprint density at radius 3 is 2.52 bits per heavy atom. The molecular formula is C17H17F6N5O. The van der Waals surface area contributed by atoms with Gasteiger partial charge < -0.3 is 15.2 Å². The van der Waals surface area contributed by atoms with Gasteiger partial charge in [0.05, 0.1) is 6.54 Å². The predicted molar refractivity (Wildman–Crippen MR) is 87.6 cm³/mol. The number of alkyl halides is 3. The summed E-state index contributed by atoms with van der Waals surface area (Å²) < 4.78 is 79.8. The number of hydrogen-bond acceptors (Lipinski definition) is 4. The molecule has 3 rings (SSSR count). The zero-order valence-corrected chi connectivity index (χ0v) is 15.2. The van der Waals surface area contributed by atoms with Crippen LogP contribution < -0.4 is 5.73 Å². The van der Waals surface area contributed by atoms with Crippen molar-refractivity contribution in [3.8, 4) is 0 Å². The van der Waals surface area contributed by atoms with Crippen molar-refractivity contribution in [1.29, 1.82) is 0 Å². The molecule has 0 saturated carbocycles. The normalized spacial score (nSPS) is 17.9. The number of hydrogen-bond donors (Lipinski definition) is 1. The van der Waals surface area contributed by atoms with Crippen LogP contribution in [0.5, 0.6) is 0 Å². The van der Waals surface area contributed by atoms with Crippen molar-refractivity contribution >= 4 is 5.91 Å². The van der Waals surface area contributed by atoms with Crippen LogP contribution >= 0.6 is 0 Å². The van der Waals surface area contributed by atoms with Crippen LogP contribution in [0.3, 0.4) is 0 Å². The van der Waals surface area contributed by atoms with Crippen molar-refractivity contribution in [2.24, 2.45) is 5.73 Å². The first-order chi connectivity index (χ1) is 13.5. The van der Waals surface area contributed by atoms with Crippen LogP contribution in [0.25, 0.3) is 0 Å².